The monoisotopic (exact) mass is 459 g/mol. The van der Waals surface area contributed by atoms with Gasteiger partial charge in [-0.15, -0.1) is 0 Å². The van der Waals surface area contributed by atoms with Crippen LogP contribution in [0.4, 0.5) is 34.6 Å². The summed E-state index contributed by atoms with van der Waals surface area (Å²) >= 11 is 0. The van der Waals surface area contributed by atoms with E-state index in [9.17, 15) is 8.78 Å². The fraction of sp³-hybridized carbons (Fsp3) is 0.423. The minimum Gasteiger partial charge on any atom is -0.366 e. The molecule has 0 spiro atoms. The maximum absolute atomic E-state index is 15.1. The number of halogens is 4. The van der Waals surface area contributed by atoms with Gasteiger partial charge in [-0.1, -0.05) is 12.6 Å². The molecule has 0 bridgehead atoms. The second-order valence-corrected chi connectivity index (χ2v) is 8.90. The summed E-state index contributed by atoms with van der Waals surface area (Å²) in [6.45, 7) is 8.39. The fourth-order valence-electron chi connectivity index (χ4n) is 4.85. The van der Waals surface area contributed by atoms with Gasteiger partial charge in [0.25, 0.3) is 5.92 Å². The molecule has 1 atom stereocenters. The first-order chi connectivity index (χ1) is 15.7. The molecular formula is C26H29F4N3. The summed E-state index contributed by atoms with van der Waals surface area (Å²) in [5.74, 6) is -4.19. The number of piperidine rings is 1. The molecule has 2 aromatic rings. The second-order valence-electron chi connectivity index (χ2n) is 8.90. The smallest absolute Gasteiger partial charge is 0.251 e. The third-order valence-corrected chi connectivity index (χ3v) is 6.53. The molecule has 2 heterocycles. The third kappa shape index (κ3) is 4.77. The van der Waals surface area contributed by atoms with Crippen molar-refractivity contribution in [3.05, 3.63) is 59.7 Å². The van der Waals surface area contributed by atoms with Crippen LogP contribution in [0.3, 0.4) is 0 Å². The summed E-state index contributed by atoms with van der Waals surface area (Å²) in [7, 11) is 0. The Morgan fingerprint density at radius 2 is 1.76 bits per heavy atom. The number of nitrogens with zero attached hydrogens (tertiary/aromatic N) is 3. The van der Waals surface area contributed by atoms with Gasteiger partial charge in [0, 0.05) is 49.9 Å². The van der Waals surface area contributed by atoms with Crippen LogP contribution in [0.1, 0.15) is 56.7 Å². The Morgan fingerprint density at radius 3 is 2.36 bits per heavy atom. The van der Waals surface area contributed by atoms with Gasteiger partial charge in [-0.25, -0.2) is 17.6 Å². The van der Waals surface area contributed by atoms with E-state index in [1.807, 2.05) is 30.9 Å². The van der Waals surface area contributed by atoms with Crippen LogP contribution in [-0.2, 0) is 0 Å². The van der Waals surface area contributed by atoms with Gasteiger partial charge in [0.15, 0.2) is 11.6 Å². The highest BCUT2D eigenvalue weighted by atomic mass is 19.3. The lowest BCUT2D eigenvalue weighted by Crippen LogP contribution is -2.40. The van der Waals surface area contributed by atoms with Gasteiger partial charge >= 0.3 is 0 Å². The van der Waals surface area contributed by atoms with Gasteiger partial charge in [-0.3, -0.25) is 4.99 Å². The molecule has 0 aliphatic carbocycles. The van der Waals surface area contributed by atoms with E-state index < -0.39 is 30.4 Å². The highest BCUT2D eigenvalue weighted by Crippen LogP contribution is 2.41. The Labute approximate surface area is 192 Å². The molecule has 3 nitrogen and oxygen atoms in total. The molecule has 0 saturated carbocycles. The van der Waals surface area contributed by atoms with Gasteiger partial charge in [0.05, 0.1) is 11.7 Å². The SMILES string of the molecule is C=C(C)c1cc(C2CCCN2c2cc(F)c(N3CCC(F)(F)CC3)c(F)c2)ccc1N=CC. The number of aliphatic imine (C=N–C) groups is 1. The largest absolute Gasteiger partial charge is 0.366 e. The number of hydrogen-bond donors (Lipinski definition) is 0. The number of hydrogen-bond acceptors (Lipinski definition) is 3. The highest BCUT2D eigenvalue weighted by molar-refractivity contribution is 5.76. The first-order valence-electron chi connectivity index (χ1n) is 11.4. The molecule has 7 heteroatoms. The average molecular weight is 460 g/mol. The van der Waals surface area contributed by atoms with E-state index >= 15 is 8.78 Å². The number of allylic oxidation sites excluding steroid dienone is 1. The van der Waals surface area contributed by atoms with Gasteiger partial charge in [0.1, 0.15) is 5.69 Å². The highest BCUT2D eigenvalue weighted by Gasteiger charge is 2.36. The van der Waals surface area contributed by atoms with Crippen LogP contribution in [0.15, 0.2) is 41.9 Å². The van der Waals surface area contributed by atoms with Crippen molar-refractivity contribution >= 4 is 28.8 Å². The second kappa shape index (κ2) is 9.20. The summed E-state index contributed by atoms with van der Waals surface area (Å²) in [4.78, 5) is 7.81. The van der Waals surface area contributed by atoms with Gasteiger partial charge in [0.2, 0.25) is 0 Å². The normalized spacial score (nSPS) is 20.6. The first kappa shape index (κ1) is 23.3. The van der Waals surface area contributed by atoms with E-state index in [0.29, 0.717) is 12.2 Å². The van der Waals surface area contributed by atoms with Crippen molar-refractivity contribution in [2.24, 2.45) is 4.99 Å². The number of anilines is 2. The summed E-state index contributed by atoms with van der Waals surface area (Å²) in [5, 5.41) is 0. The van der Waals surface area contributed by atoms with Crippen LogP contribution in [0.5, 0.6) is 0 Å². The molecular weight excluding hydrogens is 430 g/mol. The lowest BCUT2D eigenvalue weighted by molar-refractivity contribution is -0.0222. The van der Waals surface area contributed by atoms with Crippen molar-refractivity contribution in [3.63, 3.8) is 0 Å². The van der Waals surface area contributed by atoms with Crippen LogP contribution in [0.25, 0.3) is 5.57 Å². The Morgan fingerprint density at radius 1 is 1.09 bits per heavy atom. The lowest BCUT2D eigenvalue weighted by atomic mass is 9.97. The van der Waals surface area contributed by atoms with Crippen LogP contribution in [0.2, 0.25) is 0 Å². The topological polar surface area (TPSA) is 18.8 Å². The fourth-order valence-corrected chi connectivity index (χ4v) is 4.85. The van der Waals surface area contributed by atoms with E-state index in [1.54, 1.807) is 6.21 Å². The van der Waals surface area contributed by atoms with Crippen molar-refractivity contribution in [1.29, 1.82) is 0 Å². The van der Waals surface area contributed by atoms with Crippen LogP contribution in [-0.4, -0.2) is 31.8 Å². The standard InChI is InChI=1S/C26H29F4N3/c1-4-31-23-8-7-18(14-20(23)17(2)3)24-6-5-11-33(24)19-15-21(27)25(22(28)16-19)32-12-9-26(29,30)10-13-32/h4,7-8,14-16,24H,2,5-6,9-13H2,1,3H3. The molecule has 1 unspecified atom stereocenters. The predicted molar refractivity (Wildman–Crippen MR) is 127 cm³/mol. The average Bonchev–Trinajstić information content (AvgIpc) is 3.24. The molecule has 0 N–H and O–H groups in total. The van der Waals surface area contributed by atoms with Crippen molar-refractivity contribution < 1.29 is 17.6 Å². The van der Waals surface area contributed by atoms with E-state index in [4.69, 9.17) is 0 Å². The summed E-state index contributed by atoms with van der Waals surface area (Å²) in [5.41, 5.74) is 3.99. The first-order valence-corrected chi connectivity index (χ1v) is 11.4. The molecule has 4 rings (SSSR count). The Balaban J connectivity index is 1.63. The van der Waals surface area contributed by atoms with Crippen molar-refractivity contribution in [2.45, 2.75) is 51.5 Å². The Kier molecular flexibility index (Phi) is 6.50. The molecule has 2 saturated heterocycles. The molecule has 0 aromatic heterocycles. The molecule has 2 fully saturated rings. The molecule has 2 aliphatic rings. The third-order valence-electron chi connectivity index (χ3n) is 6.53. The summed E-state index contributed by atoms with van der Waals surface area (Å²) < 4.78 is 57.1. The zero-order valence-corrected chi connectivity index (χ0v) is 19.1. The number of benzene rings is 2. The summed E-state index contributed by atoms with van der Waals surface area (Å²) in [6, 6.07) is 8.65. The van der Waals surface area contributed by atoms with E-state index in [1.165, 1.54) is 17.0 Å². The van der Waals surface area contributed by atoms with Gasteiger partial charge in [-0.2, -0.15) is 0 Å². The molecule has 176 valence electrons. The minimum atomic E-state index is -2.77. The molecule has 33 heavy (non-hydrogen) atoms. The van der Waals surface area contributed by atoms with E-state index in [-0.39, 0.29) is 24.8 Å². The number of rotatable bonds is 5. The maximum atomic E-state index is 15.1. The van der Waals surface area contributed by atoms with Crippen LogP contribution < -0.4 is 9.80 Å². The maximum Gasteiger partial charge on any atom is 0.251 e. The molecule has 0 amide bonds. The zero-order chi connectivity index (χ0) is 23.8. The van der Waals surface area contributed by atoms with E-state index in [2.05, 4.69) is 17.6 Å². The van der Waals surface area contributed by atoms with Crippen molar-refractivity contribution in [2.75, 3.05) is 29.4 Å². The van der Waals surface area contributed by atoms with Crippen molar-refractivity contribution in [3.8, 4) is 0 Å². The molecule has 2 aliphatic heterocycles. The predicted octanol–water partition coefficient (Wildman–Crippen LogP) is 7.30. The molecule has 2 aromatic carbocycles. The van der Waals surface area contributed by atoms with Crippen LogP contribution in [0, 0.1) is 11.6 Å². The van der Waals surface area contributed by atoms with Crippen LogP contribution >= 0.6 is 0 Å². The van der Waals surface area contributed by atoms with Crippen molar-refractivity contribution in [1.82, 2.24) is 0 Å². The minimum absolute atomic E-state index is 0.0268. The lowest BCUT2D eigenvalue weighted by Gasteiger charge is -2.34. The Hall–Kier alpha value is -2.83. The van der Waals surface area contributed by atoms with E-state index in [0.717, 1.165) is 35.2 Å². The van der Waals surface area contributed by atoms with Gasteiger partial charge < -0.3 is 9.80 Å². The quantitative estimate of drug-likeness (QED) is 0.345. The number of alkyl halides is 2. The molecule has 0 radical (unpaired) electrons. The summed E-state index contributed by atoms with van der Waals surface area (Å²) in [6.07, 6.45) is 2.70. The zero-order valence-electron chi connectivity index (χ0n) is 19.1. The Bertz CT molecular complexity index is 1050. The van der Waals surface area contributed by atoms with Gasteiger partial charge in [-0.05, 0) is 62.1 Å².